The summed E-state index contributed by atoms with van der Waals surface area (Å²) in [5.41, 5.74) is 1.91. The third-order valence-electron chi connectivity index (χ3n) is 8.52. The van der Waals surface area contributed by atoms with Crippen LogP contribution in [0.3, 0.4) is 0 Å². The van der Waals surface area contributed by atoms with E-state index >= 15 is 0 Å². The third-order valence-corrected chi connectivity index (χ3v) is 8.52. The van der Waals surface area contributed by atoms with Crippen molar-refractivity contribution in [2.75, 3.05) is 18.0 Å². The van der Waals surface area contributed by atoms with Crippen LogP contribution in [0.25, 0.3) is 0 Å². The maximum atomic E-state index is 13.3. The van der Waals surface area contributed by atoms with Gasteiger partial charge in [0, 0.05) is 24.8 Å². The molecule has 33 heavy (non-hydrogen) atoms. The first-order chi connectivity index (χ1) is 16.1. The minimum absolute atomic E-state index is 0.114. The van der Waals surface area contributed by atoms with Crippen molar-refractivity contribution < 1.29 is 9.53 Å². The molecule has 1 saturated carbocycles. The first-order valence-electron chi connectivity index (χ1n) is 12.9. The van der Waals surface area contributed by atoms with E-state index in [-0.39, 0.29) is 17.6 Å². The largest absolute Gasteiger partial charge is 0.361 e. The highest BCUT2D eigenvalue weighted by atomic mass is 16.5. The van der Waals surface area contributed by atoms with Crippen LogP contribution in [-0.2, 0) is 16.1 Å². The second kappa shape index (κ2) is 9.60. The number of likely N-dealkylation sites (tertiary alicyclic amines) is 1. The lowest BCUT2D eigenvalue weighted by Gasteiger charge is -2.60. The predicted molar refractivity (Wildman–Crippen MR) is 133 cm³/mol. The Labute approximate surface area is 198 Å². The SMILES string of the molecule is CC(C)C1CCC(N2CCC3(CC2)C(OCc2ccccc2)C(=O)N3c2ccccc2)CC1. The van der Waals surface area contributed by atoms with Gasteiger partial charge in [0.2, 0.25) is 0 Å². The molecular weight excluding hydrogens is 408 g/mol. The van der Waals surface area contributed by atoms with Gasteiger partial charge in [0.05, 0.1) is 12.1 Å². The number of carbonyl (C=O) groups excluding carboxylic acids is 1. The second-order valence-corrected chi connectivity index (χ2v) is 10.6. The standard InChI is InChI=1S/C29H38N2O2/c1-22(2)24-13-15-25(16-14-24)30-19-17-29(18-20-30)27(33-21-23-9-5-3-6-10-23)28(32)31(29)26-11-7-4-8-12-26/h3-12,22,24-25,27H,13-21H2,1-2H3. The zero-order valence-electron chi connectivity index (χ0n) is 20.2. The van der Waals surface area contributed by atoms with Crippen LogP contribution in [0.1, 0.15) is 57.9 Å². The Bertz CT molecular complexity index is 913. The van der Waals surface area contributed by atoms with Crippen molar-refractivity contribution in [2.24, 2.45) is 11.8 Å². The normalized spacial score (nSPS) is 27.7. The molecule has 2 saturated heterocycles. The van der Waals surface area contributed by atoms with Gasteiger partial charge in [-0.15, -0.1) is 0 Å². The number of β-lactam (4-membered cyclic amide) rings is 1. The van der Waals surface area contributed by atoms with E-state index in [4.69, 9.17) is 4.74 Å². The van der Waals surface area contributed by atoms with E-state index < -0.39 is 0 Å². The number of piperidine rings is 1. The molecule has 4 nitrogen and oxygen atoms in total. The molecule has 176 valence electrons. The molecule has 4 heteroatoms. The summed E-state index contributed by atoms with van der Waals surface area (Å²) in [4.78, 5) is 18.1. The van der Waals surface area contributed by atoms with Gasteiger partial charge in [-0.2, -0.15) is 0 Å². The molecule has 3 aliphatic rings. The fraction of sp³-hybridized carbons (Fsp3) is 0.552. The molecule has 0 aromatic heterocycles. The van der Waals surface area contributed by atoms with E-state index in [1.54, 1.807) is 0 Å². The number of hydrogen-bond donors (Lipinski definition) is 0. The number of amides is 1. The number of para-hydroxylation sites is 1. The summed E-state index contributed by atoms with van der Waals surface area (Å²) in [6.07, 6.45) is 6.99. The fourth-order valence-corrected chi connectivity index (χ4v) is 6.45. The van der Waals surface area contributed by atoms with Crippen LogP contribution in [0.15, 0.2) is 60.7 Å². The zero-order chi connectivity index (χ0) is 22.8. The average Bonchev–Trinajstić information content (AvgIpc) is 2.86. The minimum Gasteiger partial charge on any atom is -0.361 e. The van der Waals surface area contributed by atoms with Gasteiger partial charge in [0.15, 0.2) is 6.10 Å². The lowest BCUT2D eigenvalue weighted by molar-refractivity contribution is -0.157. The Morgan fingerprint density at radius 1 is 0.909 bits per heavy atom. The molecule has 1 spiro atoms. The molecule has 5 rings (SSSR count). The van der Waals surface area contributed by atoms with Gasteiger partial charge in [-0.25, -0.2) is 0 Å². The van der Waals surface area contributed by atoms with Crippen molar-refractivity contribution in [1.29, 1.82) is 0 Å². The quantitative estimate of drug-likeness (QED) is 0.536. The van der Waals surface area contributed by atoms with Crippen LogP contribution in [0.4, 0.5) is 5.69 Å². The molecule has 2 aromatic rings. The summed E-state index contributed by atoms with van der Waals surface area (Å²) in [6, 6.07) is 21.1. The number of benzene rings is 2. The van der Waals surface area contributed by atoms with Gasteiger partial charge >= 0.3 is 0 Å². The Kier molecular flexibility index (Phi) is 6.58. The van der Waals surface area contributed by atoms with E-state index in [0.29, 0.717) is 12.6 Å². The van der Waals surface area contributed by atoms with Crippen LogP contribution in [0.5, 0.6) is 0 Å². The highest BCUT2D eigenvalue weighted by Gasteiger charge is 2.62. The number of rotatable bonds is 6. The third kappa shape index (κ3) is 4.36. The van der Waals surface area contributed by atoms with Crippen molar-refractivity contribution in [3.63, 3.8) is 0 Å². The molecule has 0 N–H and O–H groups in total. The molecule has 1 atom stereocenters. The van der Waals surface area contributed by atoms with Crippen LogP contribution in [0, 0.1) is 11.8 Å². The number of hydrogen-bond acceptors (Lipinski definition) is 3. The molecule has 2 aromatic carbocycles. The van der Waals surface area contributed by atoms with Crippen molar-refractivity contribution >= 4 is 11.6 Å². The highest BCUT2D eigenvalue weighted by molar-refractivity contribution is 6.06. The smallest absolute Gasteiger partial charge is 0.259 e. The van der Waals surface area contributed by atoms with Crippen molar-refractivity contribution in [1.82, 2.24) is 4.90 Å². The average molecular weight is 447 g/mol. The summed E-state index contributed by atoms with van der Waals surface area (Å²) < 4.78 is 6.33. The van der Waals surface area contributed by atoms with E-state index in [1.165, 1.54) is 25.7 Å². The molecule has 2 aliphatic heterocycles. The first kappa shape index (κ1) is 22.6. The van der Waals surface area contributed by atoms with Gasteiger partial charge in [-0.1, -0.05) is 62.4 Å². The highest BCUT2D eigenvalue weighted by Crippen LogP contribution is 2.47. The molecule has 1 amide bonds. The second-order valence-electron chi connectivity index (χ2n) is 10.6. The summed E-state index contributed by atoms with van der Waals surface area (Å²) in [5, 5.41) is 0. The Hall–Kier alpha value is -2.17. The molecular formula is C29H38N2O2. The van der Waals surface area contributed by atoms with E-state index in [2.05, 4.69) is 47.9 Å². The lowest BCUT2D eigenvalue weighted by atomic mass is 9.71. The van der Waals surface area contributed by atoms with E-state index in [9.17, 15) is 4.79 Å². The van der Waals surface area contributed by atoms with Gasteiger partial charge < -0.3 is 14.5 Å². The Morgan fingerprint density at radius 3 is 2.12 bits per heavy atom. The van der Waals surface area contributed by atoms with Crippen LogP contribution >= 0.6 is 0 Å². The summed E-state index contributed by atoms with van der Waals surface area (Å²) in [7, 11) is 0. The number of anilines is 1. The molecule has 1 aliphatic carbocycles. The summed E-state index contributed by atoms with van der Waals surface area (Å²) >= 11 is 0. The van der Waals surface area contributed by atoms with Crippen LogP contribution < -0.4 is 4.90 Å². The number of ether oxygens (including phenoxy) is 1. The fourth-order valence-electron chi connectivity index (χ4n) is 6.45. The maximum Gasteiger partial charge on any atom is 0.259 e. The summed E-state index contributed by atoms with van der Waals surface area (Å²) in [5.74, 6) is 1.81. The van der Waals surface area contributed by atoms with Crippen molar-refractivity contribution in [3.8, 4) is 0 Å². The van der Waals surface area contributed by atoms with Crippen LogP contribution in [-0.4, -0.2) is 41.6 Å². The lowest BCUT2D eigenvalue weighted by Crippen LogP contribution is -2.78. The molecule has 1 unspecified atom stereocenters. The van der Waals surface area contributed by atoms with Gasteiger partial charge in [-0.05, 0) is 68.1 Å². The first-order valence-corrected chi connectivity index (χ1v) is 12.9. The topological polar surface area (TPSA) is 32.8 Å². The van der Waals surface area contributed by atoms with Gasteiger partial charge in [-0.3, -0.25) is 4.79 Å². The molecule has 0 bridgehead atoms. The summed E-state index contributed by atoms with van der Waals surface area (Å²) in [6.45, 7) is 7.34. The Morgan fingerprint density at radius 2 is 1.52 bits per heavy atom. The predicted octanol–water partition coefficient (Wildman–Crippen LogP) is 5.67. The van der Waals surface area contributed by atoms with Crippen LogP contribution in [0.2, 0.25) is 0 Å². The van der Waals surface area contributed by atoms with Crippen molar-refractivity contribution in [3.05, 3.63) is 66.2 Å². The van der Waals surface area contributed by atoms with E-state index in [1.807, 2.05) is 36.4 Å². The minimum atomic E-state index is -0.350. The van der Waals surface area contributed by atoms with Gasteiger partial charge in [0.25, 0.3) is 5.91 Å². The van der Waals surface area contributed by atoms with Crippen molar-refractivity contribution in [2.45, 2.75) is 76.7 Å². The van der Waals surface area contributed by atoms with Gasteiger partial charge in [0.1, 0.15) is 0 Å². The maximum absolute atomic E-state index is 13.3. The molecule has 3 fully saturated rings. The molecule has 0 radical (unpaired) electrons. The molecule has 2 heterocycles. The monoisotopic (exact) mass is 446 g/mol. The number of carbonyl (C=O) groups is 1. The zero-order valence-corrected chi connectivity index (χ0v) is 20.2. The van der Waals surface area contributed by atoms with E-state index in [0.717, 1.165) is 49.0 Å². The number of nitrogens with zero attached hydrogens (tertiary/aromatic N) is 2. The Balaban J connectivity index is 1.29.